The molecule has 0 amide bonds. The second kappa shape index (κ2) is 5.51. The van der Waals surface area contributed by atoms with Crippen molar-refractivity contribution in [2.45, 2.75) is 0 Å². The van der Waals surface area contributed by atoms with Crippen LogP contribution in [0.3, 0.4) is 0 Å². The van der Waals surface area contributed by atoms with Crippen LogP contribution in [0.4, 0.5) is 0 Å². The van der Waals surface area contributed by atoms with Crippen molar-refractivity contribution in [3.8, 4) is 21.1 Å². The molecule has 24 heavy (non-hydrogen) atoms. The molecule has 4 heteroatoms. The lowest BCUT2D eigenvalue weighted by Crippen LogP contribution is -1.74. The Kier molecular flexibility index (Phi) is 3.18. The lowest BCUT2D eigenvalue weighted by molar-refractivity contribution is 1.47. The van der Waals surface area contributed by atoms with Gasteiger partial charge in [-0.25, -0.2) is 9.97 Å². The van der Waals surface area contributed by atoms with Crippen molar-refractivity contribution in [3.05, 3.63) is 72.8 Å². The van der Waals surface area contributed by atoms with Gasteiger partial charge in [0, 0.05) is 11.1 Å². The smallest absolute Gasteiger partial charge is 0.124 e. The second-order valence-corrected chi connectivity index (χ2v) is 7.56. The lowest BCUT2D eigenvalue weighted by atomic mass is 10.2. The Bertz CT molecular complexity index is 1050. The Balaban J connectivity index is 1.72. The molecule has 114 valence electrons. The van der Waals surface area contributed by atoms with Crippen LogP contribution >= 0.6 is 22.7 Å². The van der Waals surface area contributed by atoms with Crippen LogP contribution in [0.5, 0.6) is 0 Å². The average molecular weight is 344 g/mol. The van der Waals surface area contributed by atoms with Crippen molar-refractivity contribution in [2.75, 3.05) is 0 Å². The zero-order chi connectivity index (χ0) is 15.9. The maximum Gasteiger partial charge on any atom is 0.124 e. The summed E-state index contributed by atoms with van der Waals surface area (Å²) in [5, 5.41) is 2.11. The largest absolute Gasteiger partial charge is 0.236 e. The highest BCUT2D eigenvalue weighted by molar-refractivity contribution is 7.25. The molecule has 0 aliphatic carbocycles. The normalized spacial score (nSPS) is 11.3. The molecule has 5 rings (SSSR count). The molecule has 0 aliphatic rings. The highest BCUT2D eigenvalue weighted by atomic mass is 32.1. The number of aromatic nitrogens is 2. The zero-order valence-corrected chi connectivity index (χ0v) is 14.3. The molecule has 2 nitrogen and oxygen atoms in total. The van der Waals surface area contributed by atoms with Crippen molar-refractivity contribution in [2.24, 2.45) is 0 Å². The summed E-state index contributed by atoms with van der Waals surface area (Å²) in [4.78, 5) is 9.71. The maximum absolute atomic E-state index is 4.91. The summed E-state index contributed by atoms with van der Waals surface area (Å²) in [6.07, 6.45) is 0. The molecule has 0 fully saturated rings. The van der Waals surface area contributed by atoms with E-state index < -0.39 is 0 Å². The van der Waals surface area contributed by atoms with Crippen LogP contribution in [0.15, 0.2) is 72.8 Å². The summed E-state index contributed by atoms with van der Waals surface area (Å²) < 4.78 is 2.38. The Hall–Kier alpha value is -2.56. The molecular weight excluding hydrogens is 332 g/mol. The van der Waals surface area contributed by atoms with E-state index in [0.29, 0.717) is 0 Å². The summed E-state index contributed by atoms with van der Waals surface area (Å²) in [5.41, 5.74) is 4.41. The summed E-state index contributed by atoms with van der Waals surface area (Å²) in [7, 11) is 0. The first kappa shape index (κ1) is 13.8. The van der Waals surface area contributed by atoms with Gasteiger partial charge in [0.05, 0.1) is 14.9 Å². The Labute approximate surface area is 147 Å². The monoisotopic (exact) mass is 344 g/mol. The predicted octanol–water partition coefficient (Wildman–Crippen LogP) is 6.24. The SMILES string of the molecule is c1ccc(-c2nc3c(ccc4nc(-c5ccccc5)sc43)s2)cc1. The van der Waals surface area contributed by atoms with E-state index in [9.17, 15) is 0 Å². The number of benzene rings is 3. The van der Waals surface area contributed by atoms with Gasteiger partial charge in [-0.3, -0.25) is 0 Å². The molecule has 0 spiro atoms. The number of thiazole rings is 2. The fourth-order valence-electron chi connectivity index (χ4n) is 2.79. The summed E-state index contributed by atoms with van der Waals surface area (Å²) in [6.45, 7) is 0. The molecular formula is C20H12N2S2. The zero-order valence-electron chi connectivity index (χ0n) is 12.6. The van der Waals surface area contributed by atoms with Gasteiger partial charge in [-0.1, -0.05) is 60.7 Å². The lowest BCUT2D eigenvalue weighted by Gasteiger charge is -1.92. The first-order valence-electron chi connectivity index (χ1n) is 7.69. The third-order valence-electron chi connectivity index (χ3n) is 3.96. The second-order valence-electron chi connectivity index (χ2n) is 5.53. The topological polar surface area (TPSA) is 25.8 Å². The van der Waals surface area contributed by atoms with Gasteiger partial charge in [-0.15, -0.1) is 22.7 Å². The number of hydrogen-bond donors (Lipinski definition) is 0. The van der Waals surface area contributed by atoms with Crippen LogP contribution in [0.2, 0.25) is 0 Å². The van der Waals surface area contributed by atoms with Gasteiger partial charge >= 0.3 is 0 Å². The van der Waals surface area contributed by atoms with E-state index in [2.05, 4.69) is 48.5 Å². The predicted molar refractivity (Wildman–Crippen MR) is 104 cm³/mol. The molecule has 5 aromatic rings. The Morgan fingerprint density at radius 1 is 0.583 bits per heavy atom. The van der Waals surface area contributed by atoms with E-state index in [4.69, 9.17) is 9.97 Å². The van der Waals surface area contributed by atoms with E-state index in [1.54, 1.807) is 22.7 Å². The fourth-order valence-corrected chi connectivity index (χ4v) is 4.89. The van der Waals surface area contributed by atoms with Crippen molar-refractivity contribution in [3.63, 3.8) is 0 Å². The number of fused-ring (bicyclic) bond motifs is 3. The first-order chi connectivity index (χ1) is 11.9. The minimum Gasteiger partial charge on any atom is -0.236 e. The highest BCUT2D eigenvalue weighted by Crippen LogP contribution is 2.38. The highest BCUT2D eigenvalue weighted by Gasteiger charge is 2.13. The molecule has 3 aromatic carbocycles. The van der Waals surface area contributed by atoms with Gasteiger partial charge in [0.1, 0.15) is 15.5 Å². The van der Waals surface area contributed by atoms with Crippen LogP contribution in [-0.2, 0) is 0 Å². The third-order valence-corrected chi connectivity index (χ3v) is 6.15. The number of rotatable bonds is 2. The van der Waals surface area contributed by atoms with Crippen LogP contribution < -0.4 is 0 Å². The molecule has 0 bridgehead atoms. The Morgan fingerprint density at radius 2 is 1.21 bits per heavy atom. The van der Waals surface area contributed by atoms with Gasteiger partial charge in [0.25, 0.3) is 0 Å². The number of nitrogens with zero attached hydrogens (tertiary/aromatic N) is 2. The molecule has 0 atom stereocenters. The van der Waals surface area contributed by atoms with Crippen LogP contribution in [-0.4, -0.2) is 9.97 Å². The molecule has 0 saturated carbocycles. The third kappa shape index (κ3) is 2.23. The van der Waals surface area contributed by atoms with E-state index in [-0.39, 0.29) is 0 Å². The van der Waals surface area contributed by atoms with E-state index >= 15 is 0 Å². The summed E-state index contributed by atoms with van der Waals surface area (Å²) in [6, 6.07) is 24.9. The standard InChI is InChI=1S/C20H12N2S2/c1-3-7-13(8-4-1)19-21-15-11-12-16-17(18(15)24-19)22-20(23-16)14-9-5-2-6-10-14/h1-12H. The van der Waals surface area contributed by atoms with Gasteiger partial charge in [0.2, 0.25) is 0 Å². The van der Waals surface area contributed by atoms with Gasteiger partial charge in [0.15, 0.2) is 0 Å². The maximum atomic E-state index is 4.91. The molecule has 0 aliphatic heterocycles. The molecule has 0 unspecified atom stereocenters. The quantitative estimate of drug-likeness (QED) is 0.379. The van der Waals surface area contributed by atoms with Gasteiger partial charge in [-0.2, -0.15) is 0 Å². The fraction of sp³-hybridized carbons (Fsp3) is 0. The average Bonchev–Trinajstić information content (AvgIpc) is 3.27. The van der Waals surface area contributed by atoms with Crippen LogP contribution in [0.1, 0.15) is 0 Å². The van der Waals surface area contributed by atoms with Crippen LogP contribution in [0.25, 0.3) is 41.6 Å². The van der Waals surface area contributed by atoms with Crippen molar-refractivity contribution >= 4 is 43.1 Å². The molecule has 2 heterocycles. The molecule has 0 saturated heterocycles. The molecule has 0 radical (unpaired) electrons. The number of hydrogen-bond acceptors (Lipinski definition) is 4. The Morgan fingerprint density at radius 3 is 1.88 bits per heavy atom. The molecule has 0 N–H and O–H groups in total. The minimum absolute atomic E-state index is 1.02. The van der Waals surface area contributed by atoms with Gasteiger partial charge < -0.3 is 0 Å². The van der Waals surface area contributed by atoms with Gasteiger partial charge in [-0.05, 0) is 12.1 Å². The summed E-state index contributed by atoms with van der Waals surface area (Å²) >= 11 is 3.46. The van der Waals surface area contributed by atoms with Crippen molar-refractivity contribution in [1.29, 1.82) is 0 Å². The first-order valence-corrected chi connectivity index (χ1v) is 9.33. The summed E-state index contributed by atoms with van der Waals surface area (Å²) in [5.74, 6) is 0. The molecule has 2 aromatic heterocycles. The van der Waals surface area contributed by atoms with E-state index in [0.717, 1.165) is 26.6 Å². The minimum atomic E-state index is 1.02. The van der Waals surface area contributed by atoms with E-state index in [1.165, 1.54) is 15.0 Å². The van der Waals surface area contributed by atoms with E-state index in [1.807, 2.05) is 24.3 Å². The van der Waals surface area contributed by atoms with Crippen LogP contribution in [0, 0.1) is 0 Å². The van der Waals surface area contributed by atoms with Crippen molar-refractivity contribution < 1.29 is 0 Å². The van der Waals surface area contributed by atoms with Crippen molar-refractivity contribution in [1.82, 2.24) is 9.97 Å².